The molecule has 0 bridgehead atoms. The van der Waals surface area contributed by atoms with Crippen LogP contribution >= 0.6 is 0 Å². The maximum atomic E-state index is 12.6. The van der Waals surface area contributed by atoms with Crippen LogP contribution in [0.15, 0.2) is 60.7 Å². The minimum absolute atomic E-state index is 0.0546. The molecule has 2 aromatic carbocycles. The SMILES string of the molecule is C[C@@H]1CCC[C@H](C)N1C(=O)COC(=O)C[C@H](NC(=O)c1ccccc1)c1ccccc1. The predicted molar refractivity (Wildman–Crippen MR) is 118 cm³/mol. The van der Waals surface area contributed by atoms with E-state index in [1.54, 1.807) is 24.3 Å². The van der Waals surface area contributed by atoms with E-state index < -0.39 is 12.0 Å². The highest BCUT2D eigenvalue weighted by atomic mass is 16.5. The highest BCUT2D eigenvalue weighted by Gasteiger charge is 2.29. The van der Waals surface area contributed by atoms with Crippen LogP contribution in [-0.2, 0) is 14.3 Å². The molecule has 0 unspecified atom stereocenters. The summed E-state index contributed by atoms with van der Waals surface area (Å²) in [7, 11) is 0. The third-order valence-corrected chi connectivity index (χ3v) is 5.75. The largest absolute Gasteiger partial charge is 0.455 e. The average Bonchev–Trinajstić information content (AvgIpc) is 2.78. The fourth-order valence-corrected chi connectivity index (χ4v) is 4.12. The van der Waals surface area contributed by atoms with Crippen LogP contribution in [0.4, 0.5) is 0 Å². The van der Waals surface area contributed by atoms with Gasteiger partial charge in [0.25, 0.3) is 11.8 Å². The molecule has 1 aliphatic rings. The van der Waals surface area contributed by atoms with E-state index >= 15 is 0 Å². The summed E-state index contributed by atoms with van der Waals surface area (Å²) in [5.41, 5.74) is 1.31. The first-order valence-electron chi connectivity index (χ1n) is 10.8. The fourth-order valence-electron chi connectivity index (χ4n) is 4.12. The van der Waals surface area contributed by atoms with Crippen LogP contribution in [0.1, 0.15) is 61.5 Å². The van der Waals surface area contributed by atoms with Gasteiger partial charge in [-0.15, -0.1) is 0 Å². The summed E-state index contributed by atoms with van der Waals surface area (Å²) >= 11 is 0. The first-order valence-corrected chi connectivity index (χ1v) is 10.8. The molecule has 31 heavy (non-hydrogen) atoms. The molecule has 6 nitrogen and oxygen atoms in total. The number of hydrogen-bond acceptors (Lipinski definition) is 4. The van der Waals surface area contributed by atoms with Crippen LogP contribution in [0, 0.1) is 0 Å². The van der Waals surface area contributed by atoms with Crippen molar-refractivity contribution < 1.29 is 19.1 Å². The highest BCUT2D eigenvalue weighted by molar-refractivity contribution is 5.94. The standard InChI is InChI=1S/C25H30N2O4/c1-18-10-9-11-19(2)27(18)23(28)17-31-24(29)16-22(20-12-5-3-6-13-20)26-25(30)21-14-7-4-8-15-21/h3-8,12-15,18-19,22H,9-11,16-17H2,1-2H3,(H,26,30)/t18-,19+,22-/m0/s1. The van der Waals surface area contributed by atoms with Gasteiger partial charge in [-0.3, -0.25) is 14.4 Å². The van der Waals surface area contributed by atoms with E-state index in [1.165, 1.54) is 0 Å². The number of amides is 2. The van der Waals surface area contributed by atoms with Crippen molar-refractivity contribution in [3.63, 3.8) is 0 Å². The van der Waals surface area contributed by atoms with Gasteiger partial charge in [0, 0.05) is 17.6 Å². The molecule has 0 saturated carbocycles. The van der Waals surface area contributed by atoms with Crippen molar-refractivity contribution in [1.82, 2.24) is 10.2 Å². The molecule has 2 aromatic rings. The van der Waals surface area contributed by atoms with Crippen LogP contribution in [0.2, 0.25) is 0 Å². The van der Waals surface area contributed by atoms with Crippen molar-refractivity contribution >= 4 is 17.8 Å². The Balaban J connectivity index is 1.62. The number of benzene rings is 2. The molecule has 1 saturated heterocycles. The van der Waals surface area contributed by atoms with Gasteiger partial charge in [-0.1, -0.05) is 48.5 Å². The number of carbonyl (C=O) groups excluding carboxylic acids is 3. The highest BCUT2D eigenvalue weighted by Crippen LogP contribution is 2.23. The summed E-state index contributed by atoms with van der Waals surface area (Å²) in [6.45, 7) is 3.78. The Bertz CT molecular complexity index is 875. The van der Waals surface area contributed by atoms with Crippen molar-refractivity contribution in [1.29, 1.82) is 0 Å². The first-order chi connectivity index (χ1) is 15.0. The van der Waals surface area contributed by atoms with Crippen LogP contribution in [0.3, 0.4) is 0 Å². The van der Waals surface area contributed by atoms with Gasteiger partial charge in [-0.05, 0) is 50.8 Å². The van der Waals surface area contributed by atoms with E-state index in [2.05, 4.69) is 5.32 Å². The van der Waals surface area contributed by atoms with Crippen molar-refractivity contribution in [2.24, 2.45) is 0 Å². The summed E-state index contributed by atoms with van der Waals surface area (Å²) in [5, 5.41) is 2.91. The van der Waals surface area contributed by atoms with E-state index in [1.807, 2.05) is 55.1 Å². The second kappa shape index (κ2) is 10.8. The second-order valence-corrected chi connectivity index (χ2v) is 8.10. The Labute approximate surface area is 183 Å². The number of piperidine rings is 1. The topological polar surface area (TPSA) is 75.7 Å². The molecular formula is C25H30N2O4. The zero-order valence-electron chi connectivity index (χ0n) is 18.1. The van der Waals surface area contributed by atoms with E-state index in [4.69, 9.17) is 4.74 Å². The molecular weight excluding hydrogens is 392 g/mol. The van der Waals surface area contributed by atoms with Crippen molar-refractivity contribution in [3.05, 3.63) is 71.8 Å². The number of ether oxygens (including phenoxy) is 1. The van der Waals surface area contributed by atoms with Crippen LogP contribution in [-0.4, -0.2) is 41.4 Å². The minimum atomic E-state index is -0.552. The van der Waals surface area contributed by atoms with Gasteiger partial charge < -0.3 is 15.0 Å². The zero-order chi connectivity index (χ0) is 22.2. The number of nitrogens with one attached hydrogen (secondary N) is 1. The van der Waals surface area contributed by atoms with E-state index in [-0.39, 0.29) is 36.9 Å². The monoisotopic (exact) mass is 422 g/mol. The van der Waals surface area contributed by atoms with Gasteiger partial charge in [-0.2, -0.15) is 0 Å². The number of hydrogen-bond donors (Lipinski definition) is 1. The summed E-state index contributed by atoms with van der Waals surface area (Å²) in [6, 6.07) is 17.9. The number of nitrogens with zero attached hydrogens (tertiary/aromatic N) is 1. The lowest BCUT2D eigenvalue weighted by molar-refractivity contribution is -0.155. The number of rotatable bonds is 7. The molecule has 1 heterocycles. The molecule has 6 heteroatoms. The number of carbonyl (C=O) groups is 3. The van der Waals surface area contributed by atoms with Gasteiger partial charge in [0.05, 0.1) is 12.5 Å². The molecule has 0 radical (unpaired) electrons. The molecule has 2 amide bonds. The Kier molecular flexibility index (Phi) is 7.82. The van der Waals surface area contributed by atoms with E-state index in [0.29, 0.717) is 5.56 Å². The van der Waals surface area contributed by atoms with Crippen molar-refractivity contribution in [2.45, 2.75) is 57.7 Å². The second-order valence-electron chi connectivity index (χ2n) is 8.10. The van der Waals surface area contributed by atoms with Crippen molar-refractivity contribution in [3.8, 4) is 0 Å². The molecule has 0 spiro atoms. The van der Waals surface area contributed by atoms with Gasteiger partial charge in [0.1, 0.15) is 0 Å². The summed E-state index contributed by atoms with van der Waals surface area (Å²) in [4.78, 5) is 39.6. The summed E-state index contributed by atoms with van der Waals surface area (Å²) < 4.78 is 5.31. The molecule has 1 aliphatic heterocycles. The zero-order valence-corrected chi connectivity index (χ0v) is 18.1. The van der Waals surface area contributed by atoms with Gasteiger partial charge in [0.15, 0.2) is 6.61 Å². The lowest BCUT2D eigenvalue weighted by atomic mass is 9.97. The van der Waals surface area contributed by atoms with Crippen LogP contribution < -0.4 is 5.32 Å². The van der Waals surface area contributed by atoms with Crippen molar-refractivity contribution in [2.75, 3.05) is 6.61 Å². The minimum Gasteiger partial charge on any atom is -0.455 e. The van der Waals surface area contributed by atoms with E-state index in [0.717, 1.165) is 24.8 Å². The van der Waals surface area contributed by atoms with Gasteiger partial charge in [0.2, 0.25) is 0 Å². The summed E-state index contributed by atoms with van der Waals surface area (Å²) in [5.74, 6) is -0.959. The maximum Gasteiger partial charge on any atom is 0.308 e. The van der Waals surface area contributed by atoms with Gasteiger partial charge >= 0.3 is 5.97 Å². The first kappa shape index (κ1) is 22.5. The molecule has 0 aromatic heterocycles. The third kappa shape index (κ3) is 6.17. The fraction of sp³-hybridized carbons (Fsp3) is 0.400. The number of esters is 1. The Morgan fingerprint density at radius 1 is 0.968 bits per heavy atom. The predicted octanol–water partition coefficient (Wildman–Crippen LogP) is 3.88. The molecule has 3 rings (SSSR count). The number of likely N-dealkylation sites (tertiary alicyclic amines) is 1. The van der Waals surface area contributed by atoms with Crippen LogP contribution in [0.5, 0.6) is 0 Å². The van der Waals surface area contributed by atoms with Gasteiger partial charge in [-0.25, -0.2) is 0 Å². The summed E-state index contributed by atoms with van der Waals surface area (Å²) in [6.07, 6.45) is 2.98. The van der Waals surface area contributed by atoms with Crippen LogP contribution in [0.25, 0.3) is 0 Å². The smallest absolute Gasteiger partial charge is 0.308 e. The third-order valence-electron chi connectivity index (χ3n) is 5.75. The molecule has 164 valence electrons. The maximum absolute atomic E-state index is 12.6. The Morgan fingerprint density at radius 3 is 2.16 bits per heavy atom. The lowest BCUT2D eigenvalue weighted by Crippen LogP contribution is -2.49. The lowest BCUT2D eigenvalue weighted by Gasteiger charge is -2.38. The van der Waals surface area contributed by atoms with E-state index in [9.17, 15) is 14.4 Å². The Hall–Kier alpha value is -3.15. The Morgan fingerprint density at radius 2 is 1.55 bits per heavy atom. The average molecular weight is 423 g/mol. The molecule has 1 fully saturated rings. The normalized spacial score (nSPS) is 19.4. The molecule has 0 aliphatic carbocycles. The molecule has 3 atom stereocenters. The quantitative estimate of drug-likeness (QED) is 0.687. The molecule has 1 N–H and O–H groups in total.